The van der Waals surface area contributed by atoms with Crippen molar-refractivity contribution < 1.29 is 9.53 Å². The fourth-order valence-corrected chi connectivity index (χ4v) is 1.89. The van der Waals surface area contributed by atoms with E-state index in [4.69, 9.17) is 16.3 Å². The molecule has 0 radical (unpaired) electrons. The number of alkyl halides is 1. The lowest BCUT2D eigenvalue weighted by molar-refractivity contribution is -0.143. The lowest BCUT2D eigenvalue weighted by Gasteiger charge is -2.15. The molecular formula is C9H16ClNO2. The summed E-state index contributed by atoms with van der Waals surface area (Å²) in [6.45, 7) is 4.12. The molecule has 1 fully saturated rings. The van der Waals surface area contributed by atoms with Crippen LogP contribution in [0.2, 0.25) is 0 Å². The molecule has 1 rings (SSSR count). The van der Waals surface area contributed by atoms with Gasteiger partial charge in [-0.25, -0.2) is 0 Å². The number of hydrogen-bond donors (Lipinski definition) is 0. The number of esters is 1. The van der Waals surface area contributed by atoms with Crippen molar-refractivity contribution in [2.45, 2.75) is 18.7 Å². The number of halogens is 1. The summed E-state index contributed by atoms with van der Waals surface area (Å²) in [5.41, 5.74) is 0. The molecule has 1 heterocycles. The second-order valence-electron chi connectivity index (χ2n) is 3.46. The first-order valence-electron chi connectivity index (χ1n) is 4.64. The molecular weight excluding hydrogens is 190 g/mol. The minimum atomic E-state index is -0.468. The highest BCUT2D eigenvalue weighted by Crippen LogP contribution is 2.23. The first-order chi connectivity index (χ1) is 6.15. The van der Waals surface area contributed by atoms with Gasteiger partial charge in [-0.1, -0.05) is 0 Å². The van der Waals surface area contributed by atoms with Gasteiger partial charge in [-0.05, 0) is 32.9 Å². The largest absolute Gasteiger partial charge is 0.465 e. The molecule has 1 saturated heterocycles. The van der Waals surface area contributed by atoms with Gasteiger partial charge in [-0.3, -0.25) is 4.79 Å². The van der Waals surface area contributed by atoms with Gasteiger partial charge in [0.05, 0.1) is 6.61 Å². The minimum absolute atomic E-state index is 0.255. The summed E-state index contributed by atoms with van der Waals surface area (Å²) in [5, 5.41) is -0.468. The van der Waals surface area contributed by atoms with E-state index in [0.29, 0.717) is 6.61 Å². The van der Waals surface area contributed by atoms with Crippen LogP contribution >= 0.6 is 11.6 Å². The molecule has 76 valence electrons. The van der Waals surface area contributed by atoms with E-state index in [1.54, 1.807) is 6.92 Å². The fraction of sp³-hybridized carbons (Fsp3) is 0.889. The predicted octanol–water partition coefficient (Wildman–Crippen LogP) is 1.11. The summed E-state index contributed by atoms with van der Waals surface area (Å²) in [4.78, 5) is 13.4. The van der Waals surface area contributed by atoms with Crippen LogP contribution in [0, 0.1) is 5.92 Å². The molecule has 13 heavy (non-hydrogen) atoms. The smallest absolute Gasteiger partial charge is 0.324 e. The van der Waals surface area contributed by atoms with E-state index in [0.717, 1.165) is 19.5 Å². The molecule has 0 N–H and O–H groups in total. The highest BCUT2D eigenvalue weighted by molar-refractivity contribution is 6.30. The Kier molecular flexibility index (Phi) is 4.00. The molecule has 1 aliphatic heterocycles. The Hall–Kier alpha value is -0.280. The molecule has 1 aliphatic rings. The lowest BCUT2D eigenvalue weighted by atomic mass is 10.1. The van der Waals surface area contributed by atoms with E-state index in [-0.39, 0.29) is 11.9 Å². The van der Waals surface area contributed by atoms with Crippen molar-refractivity contribution in [3.05, 3.63) is 0 Å². The van der Waals surface area contributed by atoms with E-state index in [1.165, 1.54) is 0 Å². The number of carbonyl (C=O) groups is 1. The predicted molar refractivity (Wildman–Crippen MR) is 51.9 cm³/mol. The zero-order valence-corrected chi connectivity index (χ0v) is 8.88. The molecule has 0 aliphatic carbocycles. The summed E-state index contributed by atoms with van der Waals surface area (Å²) in [5.74, 6) is -0.0183. The number of nitrogens with zero attached hydrogens (tertiary/aromatic N) is 1. The summed E-state index contributed by atoms with van der Waals surface area (Å²) < 4.78 is 4.86. The van der Waals surface area contributed by atoms with Gasteiger partial charge < -0.3 is 9.64 Å². The third kappa shape index (κ3) is 2.85. The fourth-order valence-electron chi connectivity index (χ4n) is 1.62. The van der Waals surface area contributed by atoms with E-state index in [9.17, 15) is 4.79 Å². The number of carbonyl (C=O) groups excluding carboxylic acids is 1. The van der Waals surface area contributed by atoms with Crippen LogP contribution in [-0.2, 0) is 9.53 Å². The van der Waals surface area contributed by atoms with E-state index >= 15 is 0 Å². The van der Waals surface area contributed by atoms with Gasteiger partial charge >= 0.3 is 5.97 Å². The van der Waals surface area contributed by atoms with Crippen molar-refractivity contribution in [3.8, 4) is 0 Å². The average molecular weight is 206 g/mol. The van der Waals surface area contributed by atoms with Crippen molar-refractivity contribution in [1.82, 2.24) is 4.90 Å². The van der Waals surface area contributed by atoms with Crippen molar-refractivity contribution in [1.29, 1.82) is 0 Å². The minimum Gasteiger partial charge on any atom is -0.465 e. The summed E-state index contributed by atoms with van der Waals surface area (Å²) in [7, 11) is 2.04. The van der Waals surface area contributed by atoms with Crippen LogP contribution in [0.25, 0.3) is 0 Å². The van der Waals surface area contributed by atoms with Crippen LogP contribution in [0.4, 0.5) is 0 Å². The average Bonchev–Trinajstić information content (AvgIpc) is 2.51. The Bertz CT molecular complexity index is 186. The van der Waals surface area contributed by atoms with E-state index in [2.05, 4.69) is 4.90 Å². The number of hydrogen-bond acceptors (Lipinski definition) is 3. The summed E-state index contributed by atoms with van der Waals surface area (Å²) in [6, 6.07) is 0. The van der Waals surface area contributed by atoms with Gasteiger partial charge in [0.1, 0.15) is 5.38 Å². The Balaban J connectivity index is 2.38. The van der Waals surface area contributed by atoms with Crippen molar-refractivity contribution in [3.63, 3.8) is 0 Å². The van der Waals surface area contributed by atoms with Gasteiger partial charge in [-0.15, -0.1) is 11.6 Å². The quantitative estimate of drug-likeness (QED) is 0.511. The Labute approximate surface area is 84.0 Å². The first-order valence-corrected chi connectivity index (χ1v) is 5.08. The number of rotatable bonds is 3. The second kappa shape index (κ2) is 4.82. The van der Waals surface area contributed by atoms with Crippen LogP contribution in [0.3, 0.4) is 0 Å². The molecule has 2 unspecified atom stereocenters. The zero-order valence-electron chi connectivity index (χ0n) is 8.12. The maximum absolute atomic E-state index is 11.3. The van der Waals surface area contributed by atoms with Gasteiger partial charge in [0.2, 0.25) is 0 Å². The molecule has 0 aromatic carbocycles. The number of likely N-dealkylation sites (tertiary alicyclic amines) is 1. The highest BCUT2D eigenvalue weighted by atomic mass is 35.5. The monoisotopic (exact) mass is 205 g/mol. The van der Waals surface area contributed by atoms with Crippen molar-refractivity contribution in [2.24, 2.45) is 5.92 Å². The van der Waals surface area contributed by atoms with Crippen molar-refractivity contribution >= 4 is 17.6 Å². The van der Waals surface area contributed by atoms with Crippen LogP contribution in [0.5, 0.6) is 0 Å². The molecule has 0 aromatic heterocycles. The molecule has 0 saturated carbocycles. The lowest BCUT2D eigenvalue weighted by Crippen LogP contribution is -2.28. The first kappa shape index (κ1) is 10.8. The van der Waals surface area contributed by atoms with Crippen molar-refractivity contribution in [2.75, 3.05) is 26.7 Å². The van der Waals surface area contributed by atoms with Gasteiger partial charge in [0.15, 0.2) is 0 Å². The summed E-state index contributed by atoms with van der Waals surface area (Å²) in [6.07, 6.45) is 0.990. The summed E-state index contributed by atoms with van der Waals surface area (Å²) >= 11 is 5.98. The topological polar surface area (TPSA) is 29.5 Å². The Morgan fingerprint density at radius 1 is 1.77 bits per heavy atom. The van der Waals surface area contributed by atoms with Gasteiger partial charge in [-0.2, -0.15) is 0 Å². The maximum atomic E-state index is 11.3. The number of ether oxygens (including phenoxy) is 1. The molecule has 0 aromatic rings. The standard InChI is InChI=1S/C9H16ClNO2/c1-3-13-9(12)8(10)7-4-5-11(2)6-7/h7-8H,3-6H2,1-2H3. The second-order valence-corrected chi connectivity index (χ2v) is 3.94. The van der Waals surface area contributed by atoms with Gasteiger partial charge in [0.25, 0.3) is 0 Å². The molecule has 4 heteroatoms. The van der Waals surface area contributed by atoms with Crippen LogP contribution < -0.4 is 0 Å². The van der Waals surface area contributed by atoms with Crippen LogP contribution in [-0.4, -0.2) is 43.0 Å². The third-order valence-electron chi connectivity index (χ3n) is 2.35. The van der Waals surface area contributed by atoms with E-state index < -0.39 is 5.38 Å². The Morgan fingerprint density at radius 2 is 2.46 bits per heavy atom. The highest BCUT2D eigenvalue weighted by Gasteiger charge is 2.31. The Morgan fingerprint density at radius 3 is 2.92 bits per heavy atom. The van der Waals surface area contributed by atoms with E-state index in [1.807, 2.05) is 7.05 Å². The normalized spacial score (nSPS) is 25.9. The zero-order chi connectivity index (χ0) is 9.84. The third-order valence-corrected chi connectivity index (χ3v) is 2.89. The SMILES string of the molecule is CCOC(=O)C(Cl)C1CCN(C)C1. The molecule has 0 amide bonds. The van der Waals surface area contributed by atoms with Crippen LogP contribution in [0.1, 0.15) is 13.3 Å². The van der Waals surface area contributed by atoms with Crippen LogP contribution in [0.15, 0.2) is 0 Å². The maximum Gasteiger partial charge on any atom is 0.324 e. The molecule has 2 atom stereocenters. The molecule has 0 spiro atoms. The van der Waals surface area contributed by atoms with Gasteiger partial charge in [0, 0.05) is 6.54 Å². The molecule has 3 nitrogen and oxygen atoms in total. The molecule has 0 bridgehead atoms.